The average molecular weight is 431 g/mol. The Balaban J connectivity index is 1.69. The first-order valence-corrected chi connectivity index (χ1v) is 10.4. The first kappa shape index (κ1) is 19.9. The lowest BCUT2D eigenvalue weighted by Crippen LogP contribution is -2.05. The molecule has 1 aromatic carbocycles. The van der Waals surface area contributed by atoms with Gasteiger partial charge in [0.25, 0.3) is 0 Å². The van der Waals surface area contributed by atoms with Gasteiger partial charge in [0.15, 0.2) is 22.9 Å². The summed E-state index contributed by atoms with van der Waals surface area (Å²) in [5, 5.41) is 13.9. The first-order valence-electron chi connectivity index (χ1n) is 10.4. The molecular weight excluding hydrogens is 409 g/mol. The minimum atomic E-state index is -0.293. The summed E-state index contributed by atoms with van der Waals surface area (Å²) < 4.78 is 17.7. The van der Waals surface area contributed by atoms with Crippen LogP contribution in [0.25, 0.3) is 33.6 Å². The van der Waals surface area contributed by atoms with E-state index in [9.17, 15) is 4.39 Å². The van der Waals surface area contributed by atoms with Gasteiger partial charge < -0.3 is 11.1 Å². The topological polar surface area (TPSA) is 112 Å². The van der Waals surface area contributed by atoms with Gasteiger partial charge in [0, 0.05) is 24.8 Å². The van der Waals surface area contributed by atoms with Gasteiger partial charge in [-0.3, -0.25) is 0 Å². The van der Waals surface area contributed by atoms with Crippen LogP contribution in [0.15, 0.2) is 42.6 Å². The molecule has 0 aliphatic heterocycles. The summed E-state index contributed by atoms with van der Waals surface area (Å²) in [4.78, 5) is 13.8. The largest absolute Gasteiger partial charge is 0.383 e. The van der Waals surface area contributed by atoms with Crippen LogP contribution in [0, 0.1) is 5.82 Å². The van der Waals surface area contributed by atoms with E-state index in [1.54, 1.807) is 33.8 Å². The monoisotopic (exact) mass is 431 g/mol. The third-order valence-electron chi connectivity index (χ3n) is 5.26. The Bertz CT molecular complexity index is 1440. The zero-order valence-corrected chi connectivity index (χ0v) is 17.7. The van der Waals surface area contributed by atoms with Crippen molar-refractivity contribution in [1.82, 2.24) is 34.5 Å². The summed E-state index contributed by atoms with van der Waals surface area (Å²) in [6, 6.07) is 10.3. The lowest BCUT2D eigenvalue weighted by atomic mass is 10.2. The number of pyridine rings is 1. The molecule has 0 saturated heterocycles. The molecule has 5 aromatic rings. The Hall–Kier alpha value is -4.08. The molecule has 0 saturated carbocycles. The molecule has 0 atom stereocenters. The predicted octanol–water partition coefficient (Wildman–Crippen LogP) is 3.46. The normalized spacial score (nSPS) is 11.5. The minimum absolute atomic E-state index is 0.232. The van der Waals surface area contributed by atoms with E-state index in [-0.39, 0.29) is 12.4 Å². The van der Waals surface area contributed by atoms with Crippen LogP contribution >= 0.6 is 0 Å². The molecule has 4 heterocycles. The number of nitrogen functional groups attached to an aromatic ring is 1. The molecule has 10 heteroatoms. The molecule has 5 rings (SSSR count). The molecule has 0 spiro atoms. The molecule has 3 N–H and O–H groups in total. The Labute approximate surface area is 183 Å². The molecule has 0 aliphatic rings. The Morgan fingerprint density at radius 2 is 1.84 bits per heavy atom. The van der Waals surface area contributed by atoms with Crippen molar-refractivity contribution in [3.63, 3.8) is 0 Å². The van der Waals surface area contributed by atoms with Crippen LogP contribution in [0.5, 0.6) is 0 Å². The fraction of sp³-hybridized carbons (Fsp3) is 0.227. The van der Waals surface area contributed by atoms with Crippen molar-refractivity contribution in [2.45, 2.75) is 26.9 Å². The fourth-order valence-electron chi connectivity index (χ4n) is 3.79. The molecule has 0 aliphatic carbocycles. The van der Waals surface area contributed by atoms with Crippen LogP contribution in [0.4, 0.5) is 16.0 Å². The number of anilines is 2. The molecule has 0 unspecified atom stereocenters. The van der Waals surface area contributed by atoms with Gasteiger partial charge in [-0.1, -0.05) is 18.2 Å². The zero-order valence-electron chi connectivity index (χ0n) is 17.7. The number of halogens is 1. The van der Waals surface area contributed by atoms with E-state index >= 15 is 0 Å². The SMILES string of the molecule is CCNc1nn(CC)c2nc(-c3nn(Cc4ccccc4F)c4ncccc34)nc(N)c12. The van der Waals surface area contributed by atoms with Crippen LogP contribution in [0.2, 0.25) is 0 Å². The Morgan fingerprint density at radius 1 is 1.00 bits per heavy atom. The van der Waals surface area contributed by atoms with E-state index in [0.29, 0.717) is 58.5 Å². The van der Waals surface area contributed by atoms with Gasteiger partial charge in [-0.15, -0.1) is 0 Å². The van der Waals surface area contributed by atoms with Crippen molar-refractivity contribution in [2.24, 2.45) is 0 Å². The van der Waals surface area contributed by atoms with Crippen LogP contribution < -0.4 is 11.1 Å². The summed E-state index contributed by atoms with van der Waals surface area (Å²) in [5.41, 5.74) is 8.64. The van der Waals surface area contributed by atoms with Gasteiger partial charge in [0.1, 0.15) is 22.7 Å². The average Bonchev–Trinajstić information content (AvgIpc) is 3.34. The van der Waals surface area contributed by atoms with Crippen molar-refractivity contribution < 1.29 is 4.39 Å². The fourth-order valence-corrected chi connectivity index (χ4v) is 3.79. The maximum Gasteiger partial charge on any atom is 0.184 e. The maximum absolute atomic E-state index is 14.3. The third-order valence-corrected chi connectivity index (χ3v) is 5.26. The number of aromatic nitrogens is 7. The zero-order chi connectivity index (χ0) is 22.2. The number of nitrogens with zero attached hydrogens (tertiary/aromatic N) is 7. The summed E-state index contributed by atoms with van der Waals surface area (Å²) in [6.45, 7) is 5.54. The van der Waals surface area contributed by atoms with Crippen molar-refractivity contribution in [1.29, 1.82) is 0 Å². The number of nitrogens with one attached hydrogen (secondary N) is 1. The van der Waals surface area contributed by atoms with E-state index in [4.69, 9.17) is 15.8 Å². The van der Waals surface area contributed by atoms with Gasteiger partial charge in [-0.05, 0) is 32.0 Å². The lowest BCUT2D eigenvalue weighted by molar-refractivity contribution is 0.589. The highest BCUT2D eigenvalue weighted by atomic mass is 19.1. The van der Waals surface area contributed by atoms with E-state index < -0.39 is 0 Å². The summed E-state index contributed by atoms with van der Waals surface area (Å²) >= 11 is 0. The van der Waals surface area contributed by atoms with Gasteiger partial charge in [-0.25, -0.2) is 28.7 Å². The molecule has 0 bridgehead atoms. The molecule has 0 fully saturated rings. The van der Waals surface area contributed by atoms with Crippen molar-refractivity contribution >= 4 is 33.7 Å². The summed E-state index contributed by atoms with van der Waals surface area (Å²) in [6.07, 6.45) is 1.68. The number of rotatable bonds is 6. The minimum Gasteiger partial charge on any atom is -0.383 e. The first-order chi connectivity index (χ1) is 15.6. The number of nitrogens with two attached hydrogens (primary N) is 1. The van der Waals surface area contributed by atoms with Crippen LogP contribution in [-0.2, 0) is 13.1 Å². The van der Waals surface area contributed by atoms with Crippen molar-refractivity contribution in [3.05, 3.63) is 54.0 Å². The number of aryl methyl sites for hydroxylation is 1. The second kappa shape index (κ2) is 7.88. The molecule has 4 aromatic heterocycles. The molecule has 0 radical (unpaired) electrons. The highest BCUT2D eigenvalue weighted by Crippen LogP contribution is 2.31. The lowest BCUT2D eigenvalue weighted by Gasteiger charge is -2.04. The van der Waals surface area contributed by atoms with E-state index in [2.05, 4.69) is 20.4 Å². The van der Waals surface area contributed by atoms with E-state index in [1.807, 2.05) is 26.0 Å². The molecular formula is C22H22FN9. The summed E-state index contributed by atoms with van der Waals surface area (Å²) in [7, 11) is 0. The van der Waals surface area contributed by atoms with Crippen LogP contribution in [0.3, 0.4) is 0 Å². The van der Waals surface area contributed by atoms with Gasteiger partial charge in [-0.2, -0.15) is 10.2 Å². The number of fused-ring (bicyclic) bond motifs is 2. The van der Waals surface area contributed by atoms with Crippen molar-refractivity contribution in [3.8, 4) is 11.5 Å². The van der Waals surface area contributed by atoms with E-state index in [1.165, 1.54) is 6.07 Å². The Morgan fingerprint density at radius 3 is 2.62 bits per heavy atom. The highest BCUT2D eigenvalue weighted by Gasteiger charge is 2.21. The maximum atomic E-state index is 14.3. The number of hydrogen-bond acceptors (Lipinski definition) is 7. The molecule has 0 amide bonds. The second-order valence-corrected chi connectivity index (χ2v) is 7.30. The quantitative estimate of drug-likeness (QED) is 0.423. The van der Waals surface area contributed by atoms with Gasteiger partial charge in [0.2, 0.25) is 0 Å². The molecule has 32 heavy (non-hydrogen) atoms. The Kier molecular flexibility index (Phi) is 4.89. The smallest absolute Gasteiger partial charge is 0.184 e. The van der Waals surface area contributed by atoms with Gasteiger partial charge in [0.05, 0.1) is 11.9 Å². The number of hydrogen-bond donors (Lipinski definition) is 2. The third kappa shape index (κ3) is 3.20. The predicted molar refractivity (Wildman–Crippen MR) is 122 cm³/mol. The van der Waals surface area contributed by atoms with Gasteiger partial charge >= 0.3 is 0 Å². The molecule has 162 valence electrons. The number of benzene rings is 1. The highest BCUT2D eigenvalue weighted by molar-refractivity contribution is 5.98. The summed E-state index contributed by atoms with van der Waals surface area (Å²) in [5.74, 6) is 1.06. The molecule has 9 nitrogen and oxygen atoms in total. The standard InChI is InChI=1S/C22H22FN9/c1-3-25-19-16-18(24)27-20(28-22(16)31(4-2)30-19)17-14-9-7-11-26-21(14)32(29-17)12-13-8-5-6-10-15(13)23/h5-11H,3-4,12H2,1-2H3,(H,25,30)(H2,24,27,28). The second-order valence-electron chi connectivity index (χ2n) is 7.30. The van der Waals surface area contributed by atoms with Crippen LogP contribution in [-0.4, -0.2) is 41.1 Å². The van der Waals surface area contributed by atoms with Crippen LogP contribution in [0.1, 0.15) is 19.4 Å². The van der Waals surface area contributed by atoms with E-state index in [0.717, 1.165) is 5.39 Å². The van der Waals surface area contributed by atoms with Crippen molar-refractivity contribution in [2.75, 3.05) is 17.6 Å².